The van der Waals surface area contributed by atoms with Gasteiger partial charge in [-0.05, 0) is 90.6 Å². The molecule has 0 saturated heterocycles. The predicted molar refractivity (Wildman–Crippen MR) is 161 cm³/mol. The molecule has 0 radical (unpaired) electrons. The number of rotatable bonds is 7. The van der Waals surface area contributed by atoms with Crippen molar-refractivity contribution in [2.45, 2.75) is 25.2 Å². The van der Waals surface area contributed by atoms with E-state index in [4.69, 9.17) is 0 Å². The smallest absolute Gasteiger partial charge is 0.0461 e. The maximum Gasteiger partial charge on any atom is 0.0461 e. The Morgan fingerprint density at radius 1 is 0.605 bits per heavy atom. The lowest BCUT2D eigenvalue weighted by Gasteiger charge is -2.26. The van der Waals surface area contributed by atoms with E-state index in [0.717, 1.165) is 36.3 Å². The Kier molecular flexibility index (Phi) is 7.04. The number of hydrogen-bond acceptors (Lipinski definition) is 2. The maximum absolute atomic E-state index is 3.54. The lowest BCUT2D eigenvalue weighted by molar-refractivity contribution is 0.837. The molecule has 2 aliphatic rings. The first-order valence-corrected chi connectivity index (χ1v) is 13.4. The van der Waals surface area contributed by atoms with E-state index in [1.54, 1.807) is 0 Å². The summed E-state index contributed by atoms with van der Waals surface area (Å²) in [6.45, 7) is 0. The standard InChI is InChI=1S/C36H32N2/c1-4-10-32(11-5-1)37-33-24-20-30(21-25-33)28-16-18-29(19-17-28)31-22-26-36(27-23-31)38(34-12-6-2-7-13-34)35-14-8-3-9-15-35/h1-18,20,22-24,26-27,29,37H,19,21,25H2. The molecule has 1 N–H and O–H groups in total. The Labute approximate surface area is 226 Å². The van der Waals surface area contributed by atoms with Crippen molar-refractivity contribution in [1.29, 1.82) is 0 Å². The van der Waals surface area contributed by atoms with Gasteiger partial charge in [0.05, 0.1) is 0 Å². The summed E-state index contributed by atoms with van der Waals surface area (Å²) in [5, 5.41) is 3.54. The summed E-state index contributed by atoms with van der Waals surface area (Å²) in [5.74, 6) is 0.407. The minimum absolute atomic E-state index is 0.407. The van der Waals surface area contributed by atoms with Gasteiger partial charge >= 0.3 is 0 Å². The van der Waals surface area contributed by atoms with Crippen molar-refractivity contribution in [2.24, 2.45) is 0 Å². The predicted octanol–water partition coefficient (Wildman–Crippen LogP) is 9.84. The van der Waals surface area contributed by atoms with Crippen LogP contribution in [0.3, 0.4) is 0 Å². The van der Waals surface area contributed by atoms with Crippen LogP contribution in [0, 0.1) is 0 Å². The molecule has 0 amide bonds. The van der Waals surface area contributed by atoms with Crippen molar-refractivity contribution < 1.29 is 0 Å². The van der Waals surface area contributed by atoms with Crippen molar-refractivity contribution in [3.63, 3.8) is 0 Å². The van der Waals surface area contributed by atoms with Crippen LogP contribution in [0.2, 0.25) is 0 Å². The average molecular weight is 493 g/mol. The second-order valence-electron chi connectivity index (χ2n) is 9.83. The largest absolute Gasteiger partial charge is 0.359 e. The summed E-state index contributed by atoms with van der Waals surface area (Å²) in [5.41, 5.74) is 10.1. The normalized spacial score (nSPS) is 16.7. The van der Waals surface area contributed by atoms with Crippen LogP contribution in [0.25, 0.3) is 0 Å². The summed E-state index contributed by atoms with van der Waals surface area (Å²) < 4.78 is 0. The summed E-state index contributed by atoms with van der Waals surface area (Å²) in [4.78, 5) is 2.31. The molecule has 4 aromatic rings. The van der Waals surface area contributed by atoms with E-state index in [2.05, 4.69) is 150 Å². The highest BCUT2D eigenvalue weighted by Crippen LogP contribution is 2.37. The van der Waals surface area contributed by atoms with Crippen LogP contribution in [-0.4, -0.2) is 0 Å². The molecule has 0 fully saturated rings. The molecule has 2 nitrogen and oxygen atoms in total. The van der Waals surface area contributed by atoms with Crippen LogP contribution in [0.15, 0.2) is 162 Å². The van der Waals surface area contributed by atoms with Crippen molar-refractivity contribution in [2.75, 3.05) is 10.2 Å². The minimum Gasteiger partial charge on any atom is -0.359 e. The second kappa shape index (κ2) is 11.2. The topological polar surface area (TPSA) is 15.3 Å². The van der Waals surface area contributed by atoms with Gasteiger partial charge in [-0.15, -0.1) is 0 Å². The molecule has 0 heterocycles. The molecule has 186 valence electrons. The molecule has 0 aliphatic heterocycles. The number of benzene rings is 4. The Hall–Kier alpha value is -4.56. The Morgan fingerprint density at radius 2 is 1.21 bits per heavy atom. The third-order valence-electron chi connectivity index (χ3n) is 7.31. The maximum atomic E-state index is 3.54. The Morgan fingerprint density at radius 3 is 1.76 bits per heavy atom. The molecule has 0 saturated carbocycles. The Balaban J connectivity index is 1.14. The van der Waals surface area contributed by atoms with Gasteiger partial charge in [0, 0.05) is 34.4 Å². The van der Waals surface area contributed by atoms with E-state index < -0.39 is 0 Å². The molecule has 1 atom stereocenters. The summed E-state index contributed by atoms with van der Waals surface area (Å²) in [6, 6.07) is 40.6. The molecule has 38 heavy (non-hydrogen) atoms. The highest BCUT2D eigenvalue weighted by molar-refractivity contribution is 5.76. The van der Waals surface area contributed by atoms with Gasteiger partial charge in [0.25, 0.3) is 0 Å². The summed E-state index contributed by atoms with van der Waals surface area (Å²) in [6.07, 6.45) is 14.7. The van der Waals surface area contributed by atoms with Gasteiger partial charge in [-0.25, -0.2) is 0 Å². The van der Waals surface area contributed by atoms with E-state index >= 15 is 0 Å². The van der Waals surface area contributed by atoms with Crippen LogP contribution in [-0.2, 0) is 0 Å². The van der Waals surface area contributed by atoms with Crippen molar-refractivity contribution in [3.05, 3.63) is 168 Å². The molecule has 2 aliphatic carbocycles. The van der Waals surface area contributed by atoms with Crippen LogP contribution in [0.4, 0.5) is 22.7 Å². The average Bonchev–Trinajstić information content (AvgIpc) is 3.00. The van der Waals surface area contributed by atoms with Gasteiger partial charge in [-0.1, -0.05) is 91.0 Å². The molecule has 2 heteroatoms. The lowest BCUT2D eigenvalue weighted by atomic mass is 9.86. The highest BCUT2D eigenvalue weighted by atomic mass is 15.1. The summed E-state index contributed by atoms with van der Waals surface area (Å²) >= 11 is 0. The van der Waals surface area contributed by atoms with Gasteiger partial charge in [0.1, 0.15) is 0 Å². The highest BCUT2D eigenvalue weighted by Gasteiger charge is 2.17. The second-order valence-corrected chi connectivity index (χ2v) is 9.83. The summed E-state index contributed by atoms with van der Waals surface area (Å²) in [7, 11) is 0. The van der Waals surface area contributed by atoms with E-state index in [9.17, 15) is 0 Å². The quantitative estimate of drug-likeness (QED) is 0.276. The number of allylic oxidation sites excluding steroid dienone is 8. The van der Waals surface area contributed by atoms with Crippen molar-refractivity contribution in [1.82, 2.24) is 0 Å². The first kappa shape index (κ1) is 23.8. The number of para-hydroxylation sites is 3. The first-order valence-electron chi connectivity index (χ1n) is 13.4. The monoisotopic (exact) mass is 492 g/mol. The van der Waals surface area contributed by atoms with Crippen LogP contribution in [0.1, 0.15) is 30.7 Å². The molecule has 0 spiro atoms. The number of anilines is 4. The lowest BCUT2D eigenvalue weighted by Crippen LogP contribution is -2.10. The van der Waals surface area contributed by atoms with Gasteiger partial charge in [-0.2, -0.15) is 0 Å². The van der Waals surface area contributed by atoms with E-state index in [0.29, 0.717) is 5.92 Å². The third kappa shape index (κ3) is 5.40. The van der Waals surface area contributed by atoms with E-state index in [1.807, 2.05) is 6.07 Å². The van der Waals surface area contributed by atoms with Gasteiger partial charge in [-0.3, -0.25) is 0 Å². The van der Waals surface area contributed by atoms with Crippen molar-refractivity contribution >= 4 is 22.7 Å². The van der Waals surface area contributed by atoms with Crippen LogP contribution < -0.4 is 10.2 Å². The van der Waals surface area contributed by atoms with Crippen molar-refractivity contribution in [3.8, 4) is 0 Å². The van der Waals surface area contributed by atoms with Crippen LogP contribution in [0.5, 0.6) is 0 Å². The molecule has 0 aromatic heterocycles. The molecular formula is C36H32N2. The zero-order chi connectivity index (χ0) is 25.6. The fourth-order valence-corrected chi connectivity index (χ4v) is 5.27. The first-order chi connectivity index (χ1) is 18.8. The Bertz CT molecular complexity index is 1440. The minimum atomic E-state index is 0.407. The van der Waals surface area contributed by atoms with E-state index in [-0.39, 0.29) is 0 Å². The van der Waals surface area contributed by atoms with Gasteiger partial charge in [0.15, 0.2) is 0 Å². The number of nitrogens with zero attached hydrogens (tertiary/aromatic N) is 1. The molecule has 0 bridgehead atoms. The van der Waals surface area contributed by atoms with Gasteiger partial charge < -0.3 is 10.2 Å². The fourth-order valence-electron chi connectivity index (χ4n) is 5.27. The molecule has 4 aromatic carbocycles. The van der Waals surface area contributed by atoms with Crippen LogP contribution >= 0.6 is 0 Å². The SMILES string of the molecule is C1=CC(c2ccc(N(c3ccccc3)c3ccccc3)cc2)CC=C1C1=CC=C(Nc2ccccc2)CC1. The molecule has 6 rings (SSSR count). The van der Waals surface area contributed by atoms with Gasteiger partial charge in [0.2, 0.25) is 0 Å². The number of hydrogen-bond donors (Lipinski definition) is 1. The molecular weight excluding hydrogens is 460 g/mol. The zero-order valence-corrected chi connectivity index (χ0v) is 21.5. The fraction of sp³-hybridized carbons (Fsp3) is 0.111. The zero-order valence-electron chi connectivity index (χ0n) is 21.5. The number of nitrogens with one attached hydrogen (secondary N) is 1. The third-order valence-corrected chi connectivity index (χ3v) is 7.31. The van der Waals surface area contributed by atoms with E-state index in [1.165, 1.54) is 28.1 Å². The molecule has 1 unspecified atom stereocenters.